The summed E-state index contributed by atoms with van der Waals surface area (Å²) in [5, 5.41) is 5.40. The van der Waals surface area contributed by atoms with Gasteiger partial charge in [0.05, 0.1) is 12.2 Å². The lowest BCUT2D eigenvalue weighted by Crippen LogP contribution is -2.48. The van der Waals surface area contributed by atoms with Crippen LogP contribution in [0.4, 0.5) is 0 Å². The highest BCUT2D eigenvalue weighted by atomic mass is 32.2. The fourth-order valence-corrected chi connectivity index (χ4v) is 3.43. The second-order valence-electron chi connectivity index (χ2n) is 5.66. The van der Waals surface area contributed by atoms with Crippen LogP contribution in [0.5, 0.6) is 0 Å². The fraction of sp³-hybridized carbons (Fsp3) is 0.529. The smallest absolute Gasteiger partial charge is 0.238 e. The standard InChI is InChI=1S/C17H27N3O4S2/c1-3-26(23,24)20-15(9-12-25-2)17(22)19-11-10-18-16(21)13-14-7-5-4-6-8-14/h4-8,15,20H,3,9-13H2,1-2H3,(H,18,21)(H,19,22). The maximum atomic E-state index is 12.2. The highest BCUT2D eigenvalue weighted by Gasteiger charge is 2.22. The Morgan fingerprint density at radius 1 is 1.12 bits per heavy atom. The number of nitrogens with one attached hydrogen (secondary N) is 3. The molecule has 0 fully saturated rings. The van der Waals surface area contributed by atoms with E-state index in [1.54, 1.807) is 11.8 Å². The van der Waals surface area contributed by atoms with Crippen LogP contribution in [0, 0.1) is 0 Å². The van der Waals surface area contributed by atoms with Crippen molar-refractivity contribution in [2.45, 2.75) is 25.8 Å². The van der Waals surface area contributed by atoms with E-state index >= 15 is 0 Å². The number of sulfonamides is 1. The van der Waals surface area contributed by atoms with E-state index < -0.39 is 16.1 Å². The third-order valence-corrected chi connectivity index (χ3v) is 5.63. The van der Waals surface area contributed by atoms with Gasteiger partial charge in [0.2, 0.25) is 21.8 Å². The van der Waals surface area contributed by atoms with Crippen molar-refractivity contribution in [1.29, 1.82) is 0 Å². The maximum Gasteiger partial charge on any atom is 0.238 e. The number of carbonyl (C=O) groups excluding carboxylic acids is 2. The summed E-state index contributed by atoms with van der Waals surface area (Å²) in [6.45, 7) is 2.05. The number of thioether (sulfide) groups is 1. The number of rotatable bonds is 12. The first-order valence-corrected chi connectivity index (χ1v) is 11.5. The van der Waals surface area contributed by atoms with Crippen molar-refractivity contribution >= 4 is 33.6 Å². The second kappa shape index (κ2) is 11.9. The molecule has 0 saturated carbocycles. The van der Waals surface area contributed by atoms with Gasteiger partial charge in [-0.25, -0.2) is 13.1 Å². The molecule has 0 aliphatic heterocycles. The Morgan fingerprint density at radius 3 is 2.38 bits per heavy atom. The van der Waals surface area contributed by atoms with E-state index in [2.05, 4.69) is 15.4 Å². The lowest BCUT2D eigenvalue weighted by Gasteiger charge is -2.17. The third-order valence-electron chi connectivity index (χ3n) is 3.58. The van der Waals surface area contributed by atoms with Gasteiger partial charge in [0.15, 0.2) is 0 Å². The van der Waals surface area contributed by atoms with Gasteiger partial charge < -0.3 is 10.6 Å². The van der Waals surface area contributed by atoms with Crippen molar-refractivity contribution < 1.29 is 18.0 Å². The Hall–Kier alpha value is -1.58. The average molecular weight is 402 g/mol. The Bertz CT molecular complexity index is 666. The van der Waals surface area contributed by atoms with Gasteiger partial charge in [-0.1, -0.05) is 30.3 Å². The van der Waals surface area contributed by atoms with E-state index in [4.69, 9.17) is 0 Å². The van der Waals surface area contributed by atoms with Crippen molar-refractivity contribution in [3.05, 3.63) is 35.9 Å². The van der Waals surface area contributed by atoms with Crippen LogP contribution in [0.15, 0.2) is 30.3 Å². The van der Waals surface area contributed by atoms with Crippen LogP contribution in [0.3, 0.4) is 0 Å². The molecule has 9 heteroatoms. The van der Waals surface area contributed by atoms with Crippen LogP contribution in [-0.2, 0) is 26.0 Å². The normalized spacial score (nSPS) is 12.4. The summed E-state index contributed by atoms with van der Waals surface area (Å²) in [4.78, 5) is 24.1. The second-order valence-corrected chi connectivity index (χ2v) is 8.69. The van der Waals surface area contributed by atoms with Crippen molar-refractivity contribution in [3.63, 3.8) is 0 Å². The summed E-state index contributed by atoms with van der Waals surface area (Å²) < 4.78 is 25.8. The number of hydrogen-bond acceptors (Lipinski definition) is 5. The lowest BCUT2D eigenvalue weighted by molar-refractivity contribution is -0.123. The topological polar surface area (TPSA) is 104 Å². The molecular formula is C17H27N3O4S2. The zero-order valence-corrected chi connectivity index (χ0v) is 16.8. The van der Waals surface area contributed by atoms with Gasteiger partial charge in [0.1, 0.15) is 6.04 Å². The van der Waals surface area contributed by atoms with E-state index in [-0.39, 0.29) is 37.1 Å². The molecule has 0 aliphatic carbocycles. The largest absolute Gasteiger partial charge is 0.354 e. The van der Waals surface area contributed by atoms with Crippen LogP contribution >= 0.6 is 11.8 Å². The van der Waals surface area contributed by atoms with Crippen LogP contribution in [0.1, 0.15) is 18.9 Å². The first kappa shape index (κ1) is 22.5. The molecule has 1 aromatic carbocycles. The molecule has 146 valence electrons. The predicted octanol–water partition coefficient (Wildman–Crippen LogP) is 0.523. The summed E-state index contributed by atoms with van der Waals surface area (Å²) in [5.74, 6) is 0.0773. The lowest BCUT2D eigenvalue weighted by atomic mass is 10.1. The highest BCUT2D eigenvalue weighted by Crippen LogP contribution is 2.03. The van der Waals surface area contributed by atoms with Gasteiger partial charge >= 0.3 is 0 Å². The monoisotopic (exact) mass is 401 g/mol. The van der Waals surface area contributed by atoms with Crippen LogP contribution in [-0.4, -0.2) is 57.1 Å². The minimum atomic E-state index is -3.46. The summed E-state index contributed by atoms with van der Waals surface area (Å²) in [5.41, 5.74) is 0.917. The molecule has 0 heterocycles. The zero-order chi connectivity index (χ0) is 19.4. The molecule has 2 amide bonds. The quantitative estimate of drug-likeness (QED) is 0.443. The summed E-state index contributed by atoms with van der Waals surface area (Å²) in [7, 11) is -3.46. The molecule has 3 N–H and O–H groups in total. The summed E-state index contributed by atoms with van der Waals surface area (Å²) in [6, 6.07) is 8.57. The number of hydrogen-bond donors (Lipinski definition) is 3. The predicted molar refractivity (Wildman–Crippen MR) is 106 cm³/mol. The van der Waals surface area contributed by atoms with E-state index in [1.807, 2.05) is 36.6 Å². The molecule has 0 aliphatic rings. The van der Waals surface area contributed by atoms with Gasteiger partial charge in [-0.15, -0.1) is 0 Å². The minimum Gasteiger partial charge on any atom is -0.354 e. The molecule has 0 aromatic heterocycles. The number of carbonyl (C=O) groups is 2. The van der Waals surface area contributed by atoms with E-state index in [0.717, 1.165) is 5.56 Å². The number of amides is 2. The SMILES string of the molecule is CCS(=O)(=O)NC(CCSC)C(=O)NCCNC(=O)Cc1ccccc1. The van der Waals surface area contributed by atoms with E-state index in [0.29, 0.717) is 12.2 Å². The molecule has 1 rings (SSSR count). The Morgan fingerprint density at radius 2 is 1.77 bits per heavy atom. The minimum absolute atomic E-state index is 0.0778. The molecule has 0 saturated heterocycles. The maximum absolute atomic E-state index is 12.2. The molecule has 1 unspecified atom stereocenters. The van der Waals surface area contributed by atoms with Gasteiger partial charge in [0, 0.05) is 13.1 Å². The van der Waals surface area contributed by atoms with Gasteiger partial charge in [-0.2, -0.15) is 11.8 Å². The molecule has 7 nitrogen and oxygen atoms in total. The van der Waals surface area contributed by atoms with Crippen molar-refractivity contribution in [3.8, 4) is 0 Å². The van der Waals surface area contributed by atoms with Crippen molar-refractivity contribution in [2.75, 3.05) is 30.9 Å². The Balaban J connectivity index is 2.38. The first-order valence-electron chi connectivity index (χ1n) is 8.45. The van der Waals surface area contributed by atoms with Crippen molar-refractivity contribution in [2.24, 2.45) is 0 Å². The van der Waals surface area contributed by atoms with Crippen molar-refractivity contribution in [1.82, 2.24) is 15.4 Å². The highest BCUT2D eigenvalue weighted by molar-refractivity contribution is 7.98. The fourth-order valence-electron chi connectivity index (χ4n) is 2.13. The number of benzene rings is 1. The Kier molecular flexibility index (Phi) is 10.3. The molecule has 1 aromatic rings. The third kappa shape index (κ3) is 9.21. The van der Waals surface area contributed by atoms with Crippen LogP contribution < -0.4 is 15.4 Å². The molecule has 0 bridgehead atoms. The van der Waals surface area contributed by atoms with E-state index in [9.17, 15) is 18.0 Å². The Labute approximate surface area is 159 Å². The van der Waals surface area contributed by atoms with Gasteiger partial charge in [0.25, 0.3) is 0 Å². The summed E-state index contributed by atoms with van der Waals surface area (Å²) in [6.07, 6.45) is 2.58. The molecular weight excluding hydrogens is 374 g/mol. The van der Waals surface area contributed by atoms with Gasteiger partial charge in [-0.3, -0.25) is 9.59 Å². The average Bonchev–Trinajstić information content (AvgIpc) is 2.62. The van der Waals surface area contributed by atoms with Crippen LogP contribution in [0.2, 0.25) is 0 Å². The van der Waals surface area contributed by atoms with E-state index in [1.165, 1.54) is 6.92 Å². The molecule has 1 atom stereocenters. The molecule has 0 spiro atoms. The summed E-state index contributed by atoms with van der Waals surface area (Å²) >= 11 is 1.54. The first-order chi connectivity index (χ1) is 12.4. The zero-order valence-electron chi connectivity index (χ0n) is 15.2. The molecule has 26 heavy (non-hydrogen) atoms. The van der Waals surface area contributed by atoms with Gasteiger partial charge in [-0.05, 0) is 30.9 Å². The molecule has 0 radical (unpaired) electrons. The van der Waals surface area contributed by atoms with Crippen LogP contribution in [0.25, 0.3) is 0 Å².